The molecule has 26 heavy (non-hydrogen) atoms. The van der Waals surface area contributed by atoms with E-state index in [0.717, 1.165) is 19.3 Å². The first kappa shape index (κ1) is 18.0. The van der Waals surface area contributed by atoms with Gasteiger partial charge in [0.05, 0.1) is 0 Å². The van der Waals surface area contributed by atoms with Crippen molar-refractivity contribution in [1.82, 2.24) is 4.90 Å². The molecule has 1 saturated heterocycles. The molecule has 0 radical (unpaired) electrons. The molecule has 1 atom stereocenters. The second kappa shape index (κ2) is 8.04. The van der Waals surface area contributed by atoms with E-state index in [-0.39, 0.29) is 17.2 Å². The Balaban J connectivity index is 1.87. The third-order valence-corrected chi connectivity index (χ3v) is 4.68. The number of amides is 1. The van der Waals surface area contributed by atoms with Crippen LogP contribution < -0.4 is 0 Å². The van der Waals surface area contributed by atoms with E-state index in [4.69, 9.17) is 4.74 Å². The van der Waals surface area contributed by atoms with Crippen molar-refractivity contribution in [1.29, 1.82) is 0 Å². The number of likely N-dealkylation sites (tertiary alicyclic amines) is 1. The van der Waals surface area contributed by atoms with E-state index < -0.39 is 12.1 Å². The third-order valence-electron chi connectivity index (χ3n) is 4.68. The van der Waals surface area contributed by atoms with Crippen LogP contribution in [0, 0.1) is 6.92 Å². The van der Waals surface area contributed by atoms with Crippen LogP contribution in [0.5, 0.6) is 5.75 Å². The Morgan fingerprint density at radius 2 is 1.69 bits per heavy atom. The van der Waals surface area contributed by atoms with Crippen LogP contribution in [-0.4, -0.2) is 35.0 Å². The number of para-hydroxylation sites is 1. The molecule has 1 aliphatic heterocycles. The molecule has 2 aromatic carbocycles. The van der Waals surface area contributed by atoms with Gasteiger partial charge >= 0.3 is 5.97 Å². The number of piperidine rings is 1. The second-order valence-corrected chi connectivity index (χ2v) is 6.55. The number of phenolic OH excluding ortho intramolecular Hbond substituents is 1. The number of esters is 1. The van der Waals surface area contributed by atoms with Crippen LogP contribution >= 0.6 is 0 Å². The molecule has 0 aliphatic carbocycles. The van der Waals surface area contributed by atoms with E-state index in [1.54, 1.807) is 36.1 Å². The summed E-state index contributed by atoms with van der Waals surface area (Å²) in [5, 5.41) is 10.1. The largest absolute Gasteiger partial charge is 0.507 e. The highest BCUT2D eigenvalue weighted by Crippen LogP contribution is 2.27. The molecule has 0 spiro atoms. The fraction of sp³-hybridized carbons (Fsp3) is 0.333. The van der Waals surface area contributed by atoms with Crippen molar-refractivity contribution < 1.29 is 19.4 Å². The molecule has 0 unspecified atom stereocenters. The Hall–Kier alpha value is -2.82. The van der Waals surface area contributed by atoms with Gasteiger partial charge < -0.3 is 14.7 Å². The minimum Gasteiger partial charge on any atom is -0.507 e. The zero-order chi connectivity index (χ0) is 18.5. The van der Waals surface area contributed by atoms with Gasteiger partial charge in [-0.25, -0.2) is 4.79 Å². The number of aryl methyl sites for hydroxylation is 1. The lowest BCUT2D eigenvalue weighted by molar-refractivity contribution is -0.142. The Labute approximate surface area is 153 Å². The van der Waals surface area contributed by atoms with Gasteiger partial charge in [-0.15, -0.1) is 0 Å². The van der Waals surface area contributed by atoms with Gasteiger partial charge in [0, 0.05) is 18.7 Å². The van der Waals surface area contributed by atoms with E-state index in [0.29, 0.717) is 24.2 Å². The van der Waals surface area contributed by atoms with Crippen LogP contribution in [0.4, 0.5) is 0 Å². The number of carbonyl (C=O) groups excluding carboxylic acids is 2. The maximum atomic E-state index is 13.0. The van der Waals surface area contributed by atoms with Crippen LogP contribution in [0.2, 0.25) is 0 Å². The van der Waals surface area contributed by atoms with E-state index >= 15 is 0 Å². The molecule has 5 nitrogen and oxygen atoms in total. The van der Waals surface area contributed by atoms with Crippen molar-refractivity contribution in [3.63, 3.8) is 0 Å². The van der Waals surface area contributed by atoms with Gasteiger partial charge in [0.15, 0.2) is 0 Å². The molecule has 1 N–H and O–H groups in total. The summed E-state index contributed by atoms with van der Waals surface area (Å²) in [5.41, 5.74) is 1.28. The van der Waals surface area contributed by atoms with Crippen LogP contribution in [-0.2, 0) is 9.53 Å². The molecular weight excluding hydrogens is 330 g/mol. The third kappa shape index (κ3) is 3.87. The van der Waals surface area contributed by atoms with Gasteiger partial charge in [0.2, 0.25) is 6.10 Å². The smallest absolute Gasteiger partial charge is 0.343 e. The van der Waals surface area contributed by atoms with Gasteiger partial charge in [-0.3, -0.25) is 4.79 Å². The maximum Gasteiger partial charge on any atom is 0.343 e. The van der Waals surface area contributed by atoms with Gasteiger partial charge in [0.1, 0.15) is 11.3 Å². The Morgan fingerprint density at radius 1 is 1.00 bits per heavy atom. The number of benzene rings is 2. The van der Waals surface area contributed by atoms with Crippen LogP contribution in [0.1, 0.15) is 46.9 Å². The van der Waals surface area contributed by atoms with Crippen molar-refractivity contribution in [2.45, 2.75) is 32.3 Å². The standard InChI is InChI=1S/C21H23NO4/c1-15-9-8-12-17(18(15)23)21(25)26-19(16-10-4-2-5-11-16)20(24)22-13-6-3-7-14-22/h2,4-5,8-12,19,23H,3,6-7,13-14H2,1H3/t19-/m1/s1. The van der Waals surface area contributed by atoms with Crippen molar-refractivity contribution in [3.8, 4) is 5.75 Å². The highest BCUT2D eigenvalue weighted by molar-refractivity contribution is 5.95. The monoisotopic (exact) mass is 353 g/mol. The van der Waals surface area contributed by atoms with E-state index in [2.05, 4.69) is 0 Å². The summed E-state index contributed by atoms with van der Waals surface area (Å²) in [6.45, 7) is 3.06. The number of nitrogens with zero attached hydrogens (tertiary/aromatic N) is 1. The normalized spacial score (nSPS) is 15.3. The zero-order valence-electron chi connectivity index (χ0n) is 14.9. The predicted molar refractivity (Wildman–Crippen MR) is 97.9 cm³/mol. The Morgan fingerprint density at radius 3 is 2.38 bits per heavy atom. The lowest BCUT2D eigenvalue weighted by Gasteiger charge is -2.30. The number of rotatable bonds is 4. The lowest BCUT2D eigenvalue weighted by atomic mass is 10.1. The highest BCUT2D eigenvalue weighted by Gasteiger charge is 2.31. The van der Waals surface area contributed by atoms with Crippen molar-refractivity contribution in [2.75, 3.05) is 13.1 Å². The van der Waals surface area contributed by atoms with Crippen LogP contribution in [0.15, 0.2) is 48.5 Å². The molecule has 5 heteroatoms. The quantitative estimate of drug-likeness (QED) is 0.853. The van der Waals surface area contributed by atoms with Gasteiger partial charge in [-0.1, -0.05) is 42.5 Å². The summed E-state index contributed by atoms with van der Waals surface area (Å²) in [4.78, 5) is 27.4. The molecular formula is C21H23NO4. The van der Waals surface area contributed by atoms with Crippen molar-refractivity contribution >= 4 is 11.9 Å². The average molecular weight is 353 g/mol. The zero-order valence-corrected chi connectivity index (χ0v) is 14.9. The molecule has 1 aliphatic rings. The first-order valence-electron chi connectivity index (χ1n) is 8.91. The fourth-order valence-corrected chi connectivity index (χ4v) is 3.16. The van der Waals surface area contributed by atoms with E-state index in [1.807, 2.05) is 18.2 Å². The molecule has 0 aromatic heterocycles. The Bertz CT molecular complexity index is 782. The summed E-state index contributed by atoms with van der Waals surface area (Å²) < 4.78 is 5.58. The minimum atomic E-state index is -1.01. The molecule has 136 valence electrons. The predicted octanol–water partition coefficient (Wildman–Crippen LogP) is 3.61. The highest BCUT2D eigenvalue weighted by atomic mass is 16.5. The van der Waals surface area contributed by atoms with Gasteiger partial charge in [-0.2, -0.15) is 0 Å². The minimum absolute atomic E-state index is 0.0670. The van der Waals surface area contributed by atoms with Crippen molar-refractivity contribution in [3.05, 3.63) is 65.2 Å². The first-order chi connectivity index (χ1) is 12.6. The van der Waals surface area contributed by atoms with Crippen LogP contribution in [0.3, 0.4) is 0 Å². The fourth-order valence-electron chi connectivity index (χ4n) is 3.16. The molecule has 3 rings (SSSR count). The second-order valence-electron chi connectivity index (χ2n) is 6.55. The molecule has 2 aromatic rings. The summed E-state index contributed by atoms with van der Waals surface area (Å²) in [7, 11) is 0. The SMILES string of the molecule is Cc1cccc(C(=O)O[C@@H](C(=O)N2CCCCC2)c2ccccc2)c1O. The topological polar surface area (TPSA) is 66.8 Å². The summed E-state index contributed by atoms with van der Waals surface area (Å²) >= 11 is 0. The number of ether oxygens (including phenoxy) is 1. The molecule has 1 amide bonds. The average Bonchev–Trinajstić information content (AvgIpc) is 2.69. The molecule has 0 bridgehead atoms. The maximum absolute atomic E-state index is 13.0. The summed E-state index contributed by atoms with van der Waals surface area (Å²) in [6, 6.07) is 13.9. The summed E-state index contributed by atoms with van der Waals surface area (Å²) in [6.07, 6.45) is 2.01. The first-order valence-corrected chi connectivity index (χ1v) is 8.91. The Kier molecular flexibility index (Phi) is 5.56. The van der Waals surface area contributed by atoms with Crippen LogP contribution in [0.25, 0.3) is 0 Å². The number of aromatic hydroxyl groups is 1. The molecule has 1 fully saturated rings. The number of hydrogen-bond donors (Lipinski definition) is 1. The van der Waals surface area contributed by atoms with E-state index in [1.165, 1.54) is 6.07 Å². The molecule has 1 heterocycles. The lowest BCUT2D eigenvalue weighted by Crippen LogP contribution is -2.40. The van der Waals surface area contributed by atoms with Gasteiger partial charge in [-0.05, 0) is 37.8 Å². The number of hydrogen-bond acceptors (Lipinski definition) is 4. The number of carbonyl (C=O) groups is 2. The molecule has 0 saturated carbocycles. The van der Waals surface area contributed by atoms with E-state index in [9.17, 15) is 14.7 Å². The van der Waals surface area contributed by atoms with Crippen molar-refractivity contribution in [2.24, 2.45) is 0 Å². The number of phenols is 1. The summed E-state index contributed by atoms with van der Waals surface area (Å²) in [5.74, 6) is -1.03. The van der Waals surface area contributed by atoms with Gasteiger partial charge in [0.25, 0.3) is 5.91 Å².